The number of rotatable bonds is 6. The van der Waals surface area contributed by atoms with E-state index in [0.29, 0.717) is 22.3 Å². The van der Waals surface area contributed by atoms with Crippen LogP contribution in [0, 0.1) is 0 Å². The standard InChI is InChI=1S/C32H24O3/c33-30(25-17-9-3-10-18-25)27-21-22-32(35,31(34)26-19-11-4-12-20-26)29(24-15-7-2-8-16-24)28(27)23-13-5-1-6-14-23/h1-22,29,35H. The van der Waals surface area contributed by atoms with Gasteiger partial charge in [-0.25, -0.2) is 0 Å². The molecule has 1 aliphatic rings. The molecule has 4 aromatic rings. The van der Waals surface area contributed by atoms with Crippen LogP contribution in [0.15, 0.2) is 139 Å². The summed E-state index contributed by atoms with van der Waals surface area (Å²) in [6.45, 7) is 0. The van der Waals surface area contributed by atoms with Crippen molar-refractivity contribution in [3.63, 3.8) is 0 Å². The summed E-state index contributed by atoms with van der Waals surface area (Å²) in [7, 11) is 0. The fourth-order valence-corrected chi connectivity index (χ4v) is 4.75. The summed E-state index contributed by atoms with van der Waals surface area (Å²) in [5.74, 6) is -1.36. The Morgan fingerprint density at radius 3 is 1.69 bits per heavy atom. The number of allylic oxidation sites excluding steroid dienone is 2. The molecule has 5 rings (SSSR count). The first-order valence-electron chi connectivity index (χ1n) is 11.6. The molecule has 4 aromatic carbocycles. The Kier molecular flexibility index (Phi) is 6.09. The number of benzene rings is 4. The highest BCUT2D eigenvalue weighted by Crippen LogP contribution is 2.47. The van der Waals surface area contributed by atoms with Gasteiger partial charge in [0.2, 0.25) is 0 Å². The van der Waals surface area contributed by atoms with E-state index in [0.717, 1.165) is 11.1 Å². The Bertz CT molecular complexity index is 1410. The molecule has 0 saturated carbocycles. The van der Waals surface area contributed by atoms with Gasteiger partial charge < -0.3 is 5.11 Å². The van der Waals surface area contributed by atoms with Crippen molar-refractivity contribution in [2.75, 3.05) is 0 Å². The topological polar surface area (TPSA) is 54.4 Å². The molecule has 1 aliphatic carbocycles. The second-order valence-electron chi connectivity index (χ2n) is 8.59. The Hall–Kier alpha value is -4.34. The zero-order valence-electron chi connectivity index (χ0n) is 19.0. The van der Waals surface area contributed by atoms with Crippen molar-refractivity contribution in [2.45, 2.75) is 11.5 Å². The summed E-state index contributed by atoms with van der Waals surface area (Å²) >= 11 is 0. The quantitative estimate of drug-likeness (QED) is 0.347. The van der Waals surface area contributed by atoms with Crippen LogP contribution in [0.3, 0.4) is 0 Å². The van der Waals surface area contributed by atoms with Crippen LogP contribution in [0.1, 0.15) is 37.8 Å². The zero-order chi connectivity index (χ0) is 24.3. The summed E-state index contributed by atoms with van der Waals surface area (Å²) in [6.07, 6.45) is 3.10. The molecule has 2 atom stereocenters. The minimum atomic E-state index is -1.88. The molecular formula is C32H24O3. The van der Waals surface area contributed by atoms with Crippen LogP contribution in [0.2, 0.25) is 0 Å². The van der Waals surface area contributed by atoms with Crippen LogP contribution in [-0.2, 0) is 0 Å². The van der Waals surface area contributed by atoms with Gasteiger partial charge in [-0.15, -0.1) is 0 Å². The average Bonchev–Trinajstić information content (AvgIpc) is 2.94. The average molecular weight is 457 g/mol. The molecule has 3 heteroatoms. The van der Waals surface area contributed by atoms with Crippen molar-refractivity contribution in [2.24, 2.45) is 0 Å². The highest BCUT2D eigenvalue weighted by molar-refractivity contribution is 6.18. The van der Waals surface area contributed by atoms with Crippen molar-refractivity contribution >= 4 is 17.1 Å². The van der Waals surface area contributed by atoms with E-state index in [1.54, 1.807) is 42.5 Å². The number of aliphatic hydroxyl groups is 1. The molecule has 0 saturated heterocycles. The molecule has 0 spiro atoms. The molecule has 0 bridgehead atoms. The summed E-state index contributed by atoms with van der Waals surface area (Å²) in [6, 6.07) is 36.8. The van der Waals surface area contributed by atoms with E-state index in [1.807, 2.05) is 84.9 Å². The van der Waals surface area contributed by atoms with E-state index >= 15 is 0 Å². The Labute approximate surface area is 204 Å². The SMILES string of the molecule is O=C(C1=C(c2ccccc2)C(c2ccccc2)C(O)(C(=O)c2ccccc2)C=C1)c1ccccc1. The maximum atomic E-state index is 13.8. The molecule has 0 aromatic heterocycles. The normalized spacial score (nSPS) is 19.4. The summed E-state index contributed by atoms with van der Waals surface area (Å²) in [4.78, 5) is 27.6. The minimum absolute atomic E-state index is 0.157. The number of Topliss-reactive ketones (excluding diaryl/α,β-unsaturated/α-hetero) is 2. The number of carbonyl (C=O) groups excluding carboxylic acids is 2. The summed E-state index contributed by atoms with van der Waals surface area (Å²) in [5.41, 5.74) is 1.69. The molecule has 0 radical (unpaired) electrons. The van der Waals surface area contributed by atoms with Crippen LogP contribution in [0.4, 0.5) is 0 Å². The Morgan fingerprint density at radius 1 is 0.629 bits per heavy atom. The smallest absolute Gasteiger partial charge is 0.199 e. The molecule has 0 amide bonds. The fraction of sp³-hybridized carbons (Fsp3) is 0.0625. The van der Waals surface area contributed by atoms with Gasteiger partial charge in [-0.3, -0.25) is 9.59 Å². The first kappa shape index (κ1) is 22.5. The van der Waals surface area contributed by atoms with Gasteiger partial charge in [0.25, 0.3) is 0 Å². The van der Waals surface area contributed by atoms with Crippen molar-refractivity contribution < 1.29 is 14.7 Å². The van der Waals surface area contributed by atoms with Gasteiger partial charge in [-0.05, 0) is 22.8 Å². The van der Waals surface area contributed by atoms with E-state index in [4.69, 9.17) is 0 Å². The van der Waals surface area contributed by atoms with E-state index < -0.39 is 17.3 Å². The molecule has 35 heavy (non-hydrogen) atoms. The first-order valence-corrected chi connectivity index (χ1v) is 11.6. The number of ketones is 2. The molecule has 0 aliphatic heterocycles. The predicted molar refractivity (Wildman–Crippen MR) is 138 cm³/mol. The van der Waals surface area contributed by atoms with Crippen LogP contribution in [-0.4, -0.2) is 22.3 Å². The Balaban J connectivity index is 1.77. The lowest BCUT2D eigenvalue weighted by Crippen LogP contribution is -2.45. The maximum Gasteiger partial charge on any atom is 0.199 e. The highest BCUT2D eigenvalue weighted by Gasteiger charge is 2.48. The van der Waals surface area contributed by atoms with E-state index in [9.17, 15) is 14.7 Å². The van der Waals surface area contributed by atoms with Gasteiger partial charge in [-0.2, -0.15) is 0 Å². The highest BCUT2D eigenvalue weighted by atomic mass is 16.3. The van der Waals surface area contributed by atoms with Gasteiger partial charge in [-0.1, -0.05) is 127 Å². The fourth-order valence-electron chi connectivity index (χ4n) is 4.75. The van der Waals surface area contributed by atoms with Crippen LogP contribution in [0.5, 0.6) is 0 Å². The molecule has 0 fully saturated rings. The molecule has 1 N–H and O–H groups in total. The van der Waals surface area contributed by atoms with Crippen LogP contribution in [0.25, 0.3) is 5.57 Å². The molecular weight excluding hydrogens is 432 g/mol. The van der Waals surface area contributed by atoms with Gasteiger partial charge in [0.05, 0.1) is 5.92 Å². The van der Waals surface area contributed by atoms with Gasteiger partial charge >= 0.3 is 0 Å². The zero-order valence-corrected chi connectivity index (χ0v) is 19.0. The van der Waals surface area contributed by atoms with Crippen molar-refractivity contribution in [3.05, 3.63) is 161 Å². The monoisotopic (exact) mass is 456 g/mol. The molecule has 2 unspecified atom stereocenters. The van der Waals surface area contributed by atoms with Crippen LogP contribution < -0.4 is 0 Å². The van der Waals surface area contributed by atoms with E-state index in [-0.39, 0.29) is 5.78 Å². The lowest BCUT2D eigenvalue weighted by atomic mass is 9.66. The number of hydrogen-bond acceptors (Lipinski definition) is 3. The number of carbonyl (C=O) groups is 2. The van der Waals surface area contributed by atoms with E-state index in [2.05, 4.69) is 0 Å². The second-order valence-corrected chi connectivity index (χ2v) is 8.59. The van der Waals surface area contributed by atoms with Crippen LogP contribution >= 0.6 is 0 Å². The maximum absolute atomic E-state index is 13.8. The Morgan fingerprint density at radius 2 is 1.11 bits per heavy atom. The minimum Gasteiger partial charge on any atom is -0.377 e. The third-order valence-electron chi connectivity index (χ3n) is 6.42. The molecule has 3 nitrogen and oxygen atoms in total. The lowest BCUT2D eigenvalue weighted by molar-refractivity contribution is 0.0478. The predicted octanol–water partition coefficient (Wildman–Crippen LogP) is 6.29. The van der Waals surface area contributed by atoms with Crippen molar-refractivity contribution in [1.29, 1.82) is 0 Å². The summed E-state index contributed by atoms with van der Waals surface area (Å²) in [5, 5.41) is 12.1. The second kappa shape index (κ2) is 9.49. The third kappa shape index (κ3) is 4.18. The lowest BCUT2D eigenvalue weighted by Gasteiger charge is -2.38. The van der Waals surface area contributed by atoms with Gasteiger partial charge in [0.1, 0.15) is 0 Å². The van der Waals surface area contributed by atoms with Gasteiger partial charge in [0, 0.05) is 16.7 Å². The molecule has 0 heterocycles. The summed E-state index contributed by atoms with van der Waals surface area (Å²) < 4.78 is 0. The first-order chi connectivity index (χ1) is 17.1. The largest absolute Gasteiger partial charge is 0.377 e. The van der Waals surface area contributed by atoms with Crippen molar-refractivity contribution in [1.82, 2.24) is 0 Å². The third-order valence-corrected chi connectivity index (χ3v) is 6.42. The van der Waals surface area contributed by atoms with E-state index in [1.165, 1.54) is 6.08 Å². The molecule has 170 valence electrons. The van der Waals surface area contributed by atoms with Crippen molar-refractivity contribution in [3.8, 4) is 0 Å². The number of hydrogen-bond donors (Lipinski definition) is 1. The van der Waals surface area contributed by atoms with Gasteiger partial charge in [0.15, 0.2) is 17.2 Å².